The van der Waals surface area contributed by atoms with Crippen molar-refractivity contribution in [1.29, 1.82) is 0 Å². The number of ether oxygens (including phenoxy) is 2. The number of amides is 2. The van der Waals surface area contributed by atoms with E-state index >= 15 is 0 Å². The third-order valence-electron chi connectivity index (χ3n) is 3.33. The molecular formula is C16H28N2O5. The molecule has 1 atom stereocenters. The molecular weight excluding hydrogens is 300 g/mol. The first-order valence-corrected chi connectivity index (χ1v) is 8.17. The van der Waals surface area contributed by atoms with Crippen molar-refractivity contribution in [3.8, 4) is 0 Å². The molecule has 1 rings (SSSR count). The normalized spacial score (nSPS) is 18.3. The van der Waals surface area contributed by atoms with Crippen molar-refractivity contribution in [1.82, 2.24) is 10.2 Å². The zero-order chi connectivity index (χ0) is 17.5. The molecule has 1 N–H and O–H groups in total. The molecule has 0 bridgehead atoms. The smallest absolute Gasteiger partial charge is 0.411 e. The van der Waals surface area contributed by atoms with Gasteiger partial charge >= 0.3 is 12.1 Å². The topological polar surface area (TPSA) is 84.9 Å². The van der Waals surface area contributed by atoms with Gasteiger partial charge in [0.25, 0.3) is 0 Å². The molecule has 1 fully saturated rings. The number of hydrogen-bond donors (Lipinski definition) is 1. The van der Waals surface area contributed by atoms with Crippen molar-refractivity contribution in [2.75, 3.05) is 19.7 Å². The molecule has 1 heterocycles. The second kappa shape index (κ2) is 8.74. The van der Waals surface area contributed by atoms with E-state index in [1.165, 1.54) is 4.90 Å². The van der Waals surface area contributed by atoms with Crippen molar-refractivity contribution in [3.63, 3.8) is 0 Å². The van der Waals surface area contributed by atoms with Gasteiger partial charge in [-0.1, -0.05) is 19.8 Å². The van der Waals surface area contributed by atoms with E-state index in [0.29, 0.717) is 19.7 Å². The first kappa shape index (κ1) is 19.3. The van der Waals surface area contributed by atoms with E-state index in [1.807, 2.05) is 0 Å². The van der Waals surface area contributed by atoms with Crippen molar-refractivity contribution < 1.29 is 23.9 Å². The van der Waals surface area contributed by atoms with Crippen LogP contribution in [0.25, 0.3) is 0 Å². The van der Waals surface area contributed by atoms with Crippen LogP contribution in [0.1, 0.15) is 53.4 Å². The molecule has 0 aromatic heterocycles. The van der Waals surface area contributed by atoms with Crippen LogP contribution in [0.15, 0.2) is 0 Å². The van der Waals surface area contributed by atoms with Gasteiger partial charge in [-0.3, -0.25) is 14.5 Å². The summed E-state index contributed by atoms with van der Waals surface area (Å²) in [5.41, 5.74) is -0.657. The van der Waals surface area contributed by atoms with Gasteiger partial charge in [0.1, 0.15) is 11.6 Å². The van der Waals surface area contributed by atoms with Crippen LogP contribution in [0.5, 0.6) is 0 Å². The van der Waals surface area contributed by atoms with Crippen LogP contribution in [-0.2, 0) is 19.1 Å². The molecule has 7 nitrogen and oxygen atoms in total. The van der Waals surface area contributed by atoms with Crippen molar-refractivity contribution >= 4 is 18.0 Å². The Morgan fingerprint density at radius 1 is 1.30 bits per heavy atom. The summed E-state index contributed by atoms with van der Waals surface area (Å²) in [7, 11) is 0. The fraction of sp³-hybridized carbons (Fsp3) is 0.812. The molecule has 0 aromatic rings. The van der Waals surface area contributed by atoms with E-state index in [0.717, 1.165) is 19.3 Å². The fourth-order valence-corrected chi connectivity index (χ4v) is 2.21. The lowest BCUT2D eigenvalue weighted by Crippen LogP contribution is -2.58. The predicted octanol–water partition coefficient (Wildman–Crippen LogP) is 1.85. The van der Waals surface area contributed by atoms with Gasteiger partial charge in [0.05, 0.1) is 13.0 Å². The average molecular weight is 328 g/mol. The molecule has 0 aromatic carbocycles. The van der Waals surface area contributed by atoms with Crippen LogP contribution in [0.3, 0.4) is 0 Å². The summed E-state index contributed by atoms with van der Waals surface area (Å²) in [6, 6.07) is -0.878. The number of rotatable bonds is 6. The molecule has 132 valence electrons. The number of hydrogen-bond acceptors (Lipinski definition) is 5. The third kappa shape index (κ3) is 6.88. The number of piperazine rings is 1. The zero-order valence-electron chi connectivity index (χ0n) is 14.5. The van der Waals surface area contributed by atoms with Gasteiger partial charge in [-0.15, -0.1) is 0 Å². The van der Waals surface area contributed by atoms with E-state index in [1.54, 1.807) is 20.8 Å². The maximum atomic E-state index is 12.2. The monoisotopic (exact) mass is 328 g/mol. The molecule has 2 amide bonds. The molecule has 1 aliphatic heterocycles. The standard InChI is InChI=1S/C16H28N2O5/c1-5-6-7-10-22-13(19)11-12-14(20)17-8-9-18(12)15(21)23-16(2,3)4/h12H,5-11H2,1-4H3,(H,17,20). The molecule has 1 aliphatic rings. The summed E-state index contributed by atoms with van der Waals surface area (Å²) in [5.74, 6) is -0.829. The Hall–Kier alpha value is -1.79. The van der Waals surface area contributed by atoms with E-state index < -0.39 is 23.7 Å². The van der Waals surface area contributed by atoms with E-state index in [2.05, 4.69) is 12.2 Å². The SMILES string of the molecule is CCCCCOC(=O)CC1C(=O)NCCN1C(=O)OC(C)(C)C. The number of nitrogens with one attached hydrogen (secondary N) is 1. The average Bonchev–Trinajstić information content (AvgIpc) is 2.44. The second-order valence-electron chi connectivity index (χ2n) is 6.61. The zero-order valence-corrected chi connectivity index (χ0v) is 14.5. The lowest BCUT2D eigenvalue weighted by atomic mass is 10.1. The first-order chi connectivity index (χ1) is 10.7. The largest absolute Gasteiger partial charge is 0.466 e. The summed E-state index contributed by atoms with van der Waals surface area (Å²) in [6.45, 7) is 8.33. The minimum absolute atomic E-state index is 0.156. The molecule has 0 saturated carbocycles. The van der Waals surface area contributed by atoms with E-state index in [9.17, 15) is 14.4 Å². The maximum Gasteiger partial charge on any atom is 0.411 e. The lowest BCUT2D eigenvalue weighted by molar-refractivity contribution is -0.148. The minimum Gasteiger partial charge on any atom is -0.466 e. The summed E-state index contributed by atoms with van der Waals surface area (Å²) in [5, 5.41) is 2.67. The van der Waals surface area contributed by atoms with E-state index in [-0.39, 0.29) is 12.3 Å². The second-order valence-corrected chi connectivity index (χ2v) is 6.61. The fourth-order valence-electron chi connectivity index (χ4n) is 2.21. The summed E-state index contributed by atoms with van der Waals surface area (Å²) in [4.78, 5) is 37.4. The highest BCUT2D eigenvalue weighted by atomic mass is 16.6. The van der Waals surface area contributed by atoms with Gasteiger partial charge in [0, 0.05) is 13.1 Å². The molecule has 0 aliphatic carbocycles. The molecule has 7 heteroatoms. The quantitative estimate of drug-likeness (QED) is 0.594. The number of unbranched alkanes of at least 4 members (excludes halogenated alkanes) is 2. The molecule has 23 heavy (non-hydrogen) atoms. The van der Waals surface area contributed by atoms with Gasteiger partial charge in [-0.2, -0.15) is 0 Å². The van der Waals surface area contributed by atoms with Gasteiger partial charge < -0.3 is 14.8 Å². The van der Waals surface area contributed by atoms with Gasteiger partial charge in [-0.25, -0.2) is 4.79 Å². The number of carbonyl (C=O) groups is 3. The summed E-state index contributed by atoms with van der Waals surface area (Å²) in [6.07, 6.45) is 2.08. The summed E-state index contributed by atoms with van der Waals surface area (Å²) < 4.78 is 10.4. The highest BCUT2D eigenvalue weighted by Crippen LogP contribution is 2.16. The highest BCUT2D eigenvalue weighted by molar-refractivity contribution is 5.90. The molecule has 1 saturated heterocycles. The molecule has 0 radical (unpaired) electrons. The van der Waals surface area contributed by atoms with Crippen molar-refractivity contribution in [2.24, 2.45) is 0 Å². The van der Waals surface area contributed by atoms with Crippen LogP contribution in [-0.4, -0.2) is 54.2 Å². The van der Waals surface area contributed by atoms with Crippen molar-refractivity contribution in [2.45, 2.75) is 65.0 Å². The summed E-state index contributed by atoms with van der Waals surface area (Å²) >= 11 is 0. The molecule has 0 spiro atoms. The highest BCUT2D eigenvalue weighted by Gasteiger charge is 2.37. The van der Waals surface area contributed by atoms with Crippen LogP contribution >= 0.6 is 0 Å². The molecule has 1 unspecified atom stereocenters. The number of esters is 1. The third-order valence-corrected chi connectivity index (χ3v) is 3.33. The van der Waals surface area contributed by atoms with E-state index in [4.69, 9.17) is 9.47 Å². The Kier molecular flexibility index (Phi) is 7.32. The van der Waals surface area contributed by atoms with Crippen LogP contribution in [0.4, 0.5) is 4.79 Å². The Balaban J connectivity index is 2.61. The maximum absolute atomic E-state index is 12.2. The Morgan fingerprint density at radius 2 is 2.00 bits per heavy atom. The van der Waals surface area contributed by atoms with Gasteiger partial charge in [0.2, 0.25) is 5.91 Å². The lowest BCUT2D eigenvalue weighted by Gasteiger charge is -2.35. The number of nitrogens with zero attached hydrogens (tertiary/aromatic N) is 1. The first-order valence-electron chi connectivity index (χ1n) is 8.17. The minimum atomic E-state index is -0.878. The van der Waals surface area contributed by atoms with Crippen LogP contribution < -0.4 is 5.32 Å². The van der Waals surface area contributed by atoms with Crippen LogP contribution in [0.2, 0.25) is 0 Å². The van der Waals surface area contributed by atoms with Gasteiger partial charge in [-0.05, 0) is 27.2 Å². The number of carbonyl (C=O) groups excluding carboxylic acids is 3. The Labute approximate surface area is 137 Å². The Bertz CT molecular complexity index is 431. The Morgan fingerprint density at radius 3 is 2.61 bits per heavy atom. The predicted molar refractivity (Wildman–Crippen MR) is 84.8 cm³/mol. The van der Waals surface area contributed by atoms with Gasteiger partial charge in [0.15, 0.2) is 0 Å². The van der Waals surface area contributed by atoms with Crippen LogP contribution in [0, 0.1) is 0 Å². The van der Waals surface area contributed by atoms with Crippen molar-refractivity contribution in [3.05, 3.63) is 0 Å².